The van der Waals surface area contributed by atoms with E-state index < -0.39 is 0 Å². The molecule has 1 aliphatic carbocycles. The summed E-state index contributed by atoms with van der Waals surface area (Å²) in [6.45, 7) is 5.92. The Balaban J connectivity index is 1.71. The summed E-state index contributed by atoms with van der Waals surface area (Å²) in [4.78, 5) is 12.0. The van der Waals surface area contributed by atoms with E-state index in [2.05, 4.69) is 20.1 Å². The summed E-state index contributed by atoms with van der Waals surface area (Å²) in [5, 5.41) is 11.6. The first-order valence-electron chi connectivity index (χ1n) is 7.14. The van der Waals surface area contributed by atoms with Crippen molar-refractivity contribution in [3.8, 4) is 0 Å². The minimum atomic E-state index is -0.163. The zero-order valence-electron chi connectivity index (χ0n) is 12.0. The average molecular weight is 298 g/mol. The van der Waals surface area contributed by atoms with Gasteiger partial charge in [-0.25, -0.2) is 0 Å². The maximum absolute atomic E-state index is 12.0. The fourth-order valence-corrected chi connectivity index (χ4v) is 2.72. The van der Waals surface area contributed by atoms with Gasteiger partial charge in [-0.1, -0.05) is 11.8 Å². The van der Waals surface area contributed by atoms with Gasteiger partial charge >= 0.3 is 0 Å². The molecule has 112 valence electrons. The lowest BCUT2D eigenvalue weighted by Gasteiger charge is -2.12. The number of hydrogen-bond acceptors (Lipinski definition) is 5. The topological polar surface area (TPSA) is 69.0 Å². The molecule has 1 unspecified atom stereocenters. The van der Waals surface area contributed by atoms with Crippen molar-refractivity contribution >= 4 is 17.7 Å². The molecule has 1 aromatic heterocycles. The van der Waals surface area contributed by atoms with E-state index in [0.29, 0.717) is 19.2 Å². The zero-order valence-corrected chi connectivity index (χ0v) is 12.9. The maximum atomic E-state index is 12.0. The summed E-state index contributed by atoms with van der Waals surface area (Å²) in [6.07, 6.45) is 4.97. The van der Waals surface area contributed by atoms with E-state index in [4.69, 9.17) is 4.74 Å². The Kier molecular flexibility index (Phi) is 5.85. The van der Waals surface area contributed by atoms with Crippen molar-refractivity contribution in [2.45, 2.75) is 49.6 Å². The molecule has 1 aromatic rings. The van der Waals surface area contributed by atoms with Crippen molar-refractivity contribution in [2.75, 3.05) is 19.8 Å². The minimum absolute atomic E-state index is 0.0387. The van der Waals surface area contributed by atoms with E-state index >= 15 is 0 Å². The van der Waals surface area contributed by atoms with Crippen molar-refractivity contribution in [3.05, 3.63) is 6.33 Å². The highest BCUT2D eigenvalue weighted by Crippen LogP contribution is 2.37. The van der Waals surface area contributed by atoms with Crippen molar-refractivity contribution in [1.29, 1.82) is 0 Å². The molecule has 0 spiro atoms. The van der Waals surface area contributed by atoms with Gasteiger partial charge < -0.3 is 14.6 Å². The molecule has 0 saturated heterocycles. The van der Waals surface area contributed by atoms with Gasteiger partial charge in [0, 0.05) is 25.8 Å². The number of carbonyl (C=O) groups is 1. The Hall–Kier alpha value is -1.08. The average Bonchev–Trinajstić information content (AvgIpc) is 3.19. The largest absolute Gasteiger partial charge is 0.382 e. The highest BCUT2D eigenvalue weighted by atomic mass is 32.2. The third-order valence-electron chi connectivity index (χ3n) is 3.10. The van der Waals surface area contributed by atoms with Gasteiger partial charge in [0.2, 0.25) is 5.91 Å². The molecule has 0 bridgehead atoms. The van der Waals surface area contributed by atoms with Crippen LogP contribution in [0.2, 0.25) is 0 Å². The Morgan fingerprint density at radius 3 is 3.15 bits per heavy atom. The van der Waals surface area contributed by atoms with Gasteiger partial charge in [0.1, 0.15) is 6.33 Å². The molecule has 1 aliphatic rings. The van der Waals surface area contributed by atoms with Crippen LogP contribution in [0.15, 0.2) is 11.5 Å². The van der Waals surface area contributed by atoms with E-state index in [1.54, 1.807) is 6.33 Å². The van der Waals surface area contributed by atoms with Gasteiger partial charge in [0.25, 0.3) is 0 Å². The molecule has 1 saturated carbocycles. The lowest BCUT2D eigenvalue weighted by Crippen LogP contribution is -2.32. The first kappa shape index (κ1) is 15.3. The Labute approximate surface area is 123 Å². The SMILES string of the molecule is CCOCCCNC(=O)C(C)Sc1nncn1C1CC1. The first-order valence-corrected chi connectivity index (χ1v) is 8.02. The van der Waals surface area contributed by atoms with Gasteiger partial charge in [0.05, 0.1) is 5.25 Å². The molecule has 7 heteroatoms. The molecule has 1 heterocycles. The summed E-state index contributed by atoms with van der Waals surface area (Å²) >= 11 is 1.47. The van der Waals surface area contributed by atoms with Crippen molar-refractivity contribution < 1.29 is 9.53 Å². The third kappa shape index (κ3) is 4.49. The fourth-order valence-electron chi connectivity index (χ4n) is 1.80. The van der Waals surface area contributed by atoms with E-state index in [1.807, 2.05) is 13.8 Å². The molecular weight excluding hydrogens is 276 g/mol. The smallest absolute Gasteiger partial charge is 0.233 e. The van der Waals surface area contributed by atoms with Crippen LogP contribution in [0, 0.1) is 0 Å². The van der Waals surface area contributed by atoms with Crippen LogP contribution in [0.5, 0.6) is 0 Å². The van der Waals surface area contributed by atoms with Crippen LogP contribution >= 0.6 is 11.8 Å². The Morgan fingerprint density at radius 1 is 1.65 bits per heavy atom. The predicted molar refractivity (Wildman–Crippen MR) is 77.7 cm³/mol. The third-order valence-corrected chi connectivity index (χ3v) is 4.17. The van der Waals surface area contributed by atoms with Crippen LogP contribution < -0.4 is 5.32 Å². The van der Waals surface area contributed by atoms with Crippen molar-refractivity contribution in [1.82, 2.24) is 20.1 Å². The zero-order chi connectivity index (χ0) is 14.4. The number of nitrogens with zero attached hydrogens (tertiary/aromatic N) is 3. The Morgan fingerprint density at radius 2 is 2.45 bits per heavy atom. The van der Waals surface area contributed by atoms with Gasteiger partial charge in [-0.2, -0.15) is 0 Å². The minimum Gasteiger partial charge on any atom is -0.382 e. The van der Waals surface area contributed by atoms with Crippen molar-refractivity contribution in [2.24, 2.45) is 0 Å². The number of thioether (sulfide) groups is 1. The second-order valence-electron chi connectivity index (χ2n) is 4.85. The summed E-state index contributed by atoms with van der Waals surface area (Å²) in [5.74, 6) is 0.0387. The predicted octanol–water partition coefficient (Wildman–Crippen LogP) is 1.64. The molecule has 20 heavy (non-hydrogen) atoms. The summed E-state index contributed by atoms with van der Waals surface area (Å²) in [7, 11) is 0. The van der Waals surface area contributed by atoms with Gasteiger partial charge in [-0.05, 0) is 33.1 Å². The maximum Gasteiger partial charge on any atom is 0.233 e. The number of aromatic nitrogens is 3. The van der Waals surface area contributed by atoms with Crippen LogP contribution in [0.25, 0.3) is 0 Å². The van der Waals surface area contributed by atoms with Crippen LogP contribution in [0.4, 0.5) is 0 Å². The molecule has 6 nitrogen and oxygen atoms in total. The second kappa shape index (κ2) is 7.64. The molecule has 0 aliphatic heterocycles. The number of rotatable bonds is 9. The molecular formula is C13H22N4O2S. The number of ether oxygens (including phenoxy) is 1. The molecule has 1 N–H and O–H groups in total. The molecule has 1 fully saturated rings. The second-order valence-corrected chi connectivity index (χ2v) is 6.16. The first-order chi connectivity index (χ1) is 9.72. The van der Waals surface area contributed by atoms with Crippen LogP contribution in [-0.2, 0) is 9.53 Å². The number of hydrogen-bond donors (Lipinski definition) is 1. The fraction of sp³-hybridized carbons (Fsp3) is 0.769. The van der Waals surface area contributed by atoms with E-state index in [1.165, 1.54) is 24.6 Å². The standard InChI is InChI=1S/C13H22N4O2S/c1-3-19-8-4-7-14-12(18)10(2)20-13-16-15-9-17(13)11-5-6-11/h9-11H,3-8H2,1-2H3,(H,14,18). The summed E-state index contributed by atoms with van der Waals surface area (Å²) in [6, 6.07) is 0.536. The van der Waals surface area contributed by atoms with Crippen LogP contribution in [0.1, 0.15) is 39.2 Å². The highest BCUT2D eigenvalue weighted by molar-refractivity contribution is 8.00. The van der Waals surface area contributed by atoms with E-state index in [-0.39, 0.29) is 11.2 Å². The van der Waals surface area contributed by atoms with E-state index in [9.17, 15) is 4.79 Å². The van der Waals surface area contributed by atoms with Gasteiger partial charge in [0.15, 0.2) is 5.16 Å². The number of amides is 1. The summed E-state index contributed by atoms with van der Waals surface area (Å²) < 4.78 is 7.30. The quantitative estimate of drug-likeness (QED) is 0.554. The molecule has 1 atom stereocenters. The Bertz CT molecular complexity index is 434. The summed E-state index contributed by atoms with van der Waals surface area (Å²) in [5.41, 5.74) is 0. The van der Waals surface area contributed by atoms with Gasteiger partial charge in [-0.3, -0.25) is 4.79 Å². The molecule has 0 aromatic carbocycles. The van der Waals surface area contributed by atoms with E-state index in [0.717, 1.165) is 18.2 Å². The highest BCUT2D eigenvalue weighted by Gasteiger charge is 2.27. The molecule has 0 radical (unpaired) electrons. The number of nitrogens with one attached hydrogen (secondary N) is 1. The molecule has 1 amide bonds. The van der Waals surface area contributed by atoms with Crippen LogP contribution in [0.3, 0.4) is 0 Å². The molecule has 2 rings (SSSR count). The van der Waals surface area contributed by atoms with Crippen molar-refractivity contribution in [3.63, 3.8) is 0 Å². The lowest BCUT2D eigenvalue weighted by atomic mass is 10.4. The van der Waals surface area contributed by atoms with Crippen LogP contribution in [-0.4, -0.2) is 45.7 Å². The lowest BCUT2D eigenvalue weighted by molar-refractivity contribution is -0.120. The monoisotopic (exact) mass is 298 g/mol. The normalized spacial score (nSPS) is 16.1. The number of carbonyl (C=O) groups excluding carboxylic acids is 1. The van der Waals surface area contributed by atoms with Gasteiger partial charge in [-0.15, -0.1) is 10.2 Å².